The lowest BCUT2D eigenvalue weighted by atomic mass is 9.54. The van der Waals surface area contributed by atoms with Gasteiger partial charge in [0.05, 0.1) is 33.4 Å². The summed E-state index contributed by atoms with van der Waals surface area (Å²) in [4.78, 5) is 14.3. The van der Waals surface area contributed by atoms with Gasteiger partial charge in [-0.1, -0.05) is 11.6 Å². The molecule has 0 aromatic heterocycles. The summed E-state index contributed by atoms with van der Waals surface area (Å²) in [5, 5.41) is 13.4. The topological polar surface area (TPSA) is 80.3 Å². The monoisotopic (exact) mass is 412 g/mol. The number of carboxylic acids is 1. The largest absolute Gasteiger partial charge is 0.493 e. The summed E-state index contributed by atoms with van der Waals surface area (Å²) in [5.41, 5.74) is 3.77. The molecule has 1 spiro atoms. The van der Waals surface area contributed by atoms with E-state index in [1.807, 2.05) is 6.07 Å². The Morgan fingerprint density at radius 3 is 2.90 bits per heavy atom. The van der Waals surface area contributed by atoms with Gasteiger partial charge in [0.1, 0.15) is 0 Å². The van der Waals surface area contributed by atoms with Crippen molar-refractivity contribution < 1.29 is 24.1 Å². The van der Waals surface area contributed by atoms with E-state index >= 15 is 0 Å². The van der Waals surface area contributed by atoms with Crippen LogP contribution in [0.3, 0.4) is 0 Å². The average molecular weight is 412 g/mol. The Morgan fingerprint density at radius 1 is 1.33 bits per heavy atom. The molecular weight excluding hydrogens is 384 g/mol. The second-order valence-electron chi connectivity index (χ2n) is 9.32. The standard InChI is InChI=1S/C23H28N2O5/c1-28-16-8-14-15(9-17(16)29-2)24-22-21-13-7-19-23(14,22)4-5-25(19)11-12(13)3-6-30-18(21)10-20(26)27/h3,8-9,13,18-19,21-22,24H,4-7,10-11H2,1-2H3,(H,26,27). The Kier molecular flexibility index (Phi) is 3.93. The van der Waals surface area contributed by atoms with E-state index in [0.717, 1.165) is 43.1 Å². The zero-order valence-electron chi connectivity index (χ0n) is 17.4. The van der Waals surface area contributed by atoms with E-state index in [-0.39, 0.29) is 29.9 Å². The first-order valence-corrected chi connectivity index (χ1v) is 10.9. The van der Waals surface area contributed by atoms with Crippen molar-refractivity contribution in [1.82, 2.24) is 4.90 Å². The molecule has 6 rings (SSSR count). The van der Waals surface area contributed by atoms with Gasteiger partial charge in [-0.25, -0.2) is 0 Å². The van der Waals surface area contributed by atoms with Crippen molar-refractivity contribution in [2.45, 2.75) is 42.9 Å². The van der Waals surface area contributed by atoms with Gasteiger partial charge in [0.15, 0.2) is 11.5 Å². The third-order valence-electron chi connectivity index (χ3n) is 8.39. The van der Waals surface area contributed by atoms with Crippen molar-refractivity contribution >= 4 is 11.7 Å². The average Bonchev–Trinajstić information content (AvgIpc) is 3.21. The van der Waals surface area contributed by atoms with E-state index in [9.17, 15) is 9.90 Å². The number of carboxylic acid groups (broad SMARTS) is 1. The van der Waals surface area contributed by atoms with Crippen molar-refractivity contribution in [2.24, 2.45) is 11.8 Å². The zero-order chi connectivity index (χ0) is 20.6. The number of fused-ring (bicyclic) bond motifs is 2. The second kappa shape index (κ2) is 6.37. The molecule has 4 aliphatic heterocycles. The number of ether oxygens (including phenoxy) is 3. The molecule has 2 N–H and O–H groups in total. The molecule has 7 nitrogen and oxygen atoms in total. The number of rotatable bonds is 4. The molecule has 2 saturated heterocycles. The summed E-state index contributed by atoms with van der Waals surface area (Å²) in [5.74, 6) is 1.19. The van der Waals surface area contributed by atoms with Crippen molar-refractivity contribution in [3.8, 4) is 11.5 Å². The molecular formula is C23H28N2O5. The molecule has 1 aliphatic carbocycles. The minimum absolute atomic E-state index is 0.0495. The zero-order valence-corrected chi connectivity index (χ0v) is 17.4. The fraction of sp³-hybridized carbons (Fsp3) is 0.609. The minimum atomic E-state index is -0.790. The predicted octanol–water partition coefficient (Wildman–Crippen LogP) is 2.26. The first-order valence-electron chi connectivity index (χ1n) is 10.9. The number of carbonyl (C=O) groups is 1. The van der Waals surface area contributed by atoms with Crippen molar-refractivity contribution in [3.63, 3.8) is 0 Å². The fourth-order valence-electron chi connectivity index (χ4n) is 7.32. The third kappa shape index (κ3) is 2.25. The first kappa shape index (κ1) is 18.5. The maximum absolute atomic E-state index is 11.7. The van der Waals surface area contributed by atoms with Gasteiger partial charge in [-0.2, -0.15) is 0 Å². The lowest BCUT2D eigenvalue weighted by Gasteiger charge is -2.55. The Hall–Kier alpha value is -2.25. The molecule has 1 saturated carbocycles. The van der Waals surface area contributed by atoms with E-state index in [1.54, 1.807) is 14.2 Å². The summed E-state index contributed by atoms with van der Waals surface area (Å²) in [6.45, 7) is 2.55. The van der Waals surface area contributed by atoms with Gasteiger partial charge in [-0.05, 0) is 36.9 Å². The van der Waals surface area contributed by atoms with Gasteiger partial charge in [0.2, 0.25) is 0 Å². The van der Waals surface area contributed by atoms with E-state index in [0.29, 0.717) is 18.6 Å². The number of piperidine rings is 1. The van der Waals surface area contributed by atoms with Gasteiger partial charge in [-0.15, -0.1) is 0 Å². The van der Waals surface area contributed by atoms with E-state index in [1.165, 1.54) is 11.1 Å². The molecule has 0 radical (unpaired) electrons. The van der Waals surface area contributed by atoms with Gasteiger partial charge < -0.3 is 24.6 Å². The van der Waals surface area contributed by atoms with Crippen molar-refractivity contribution in [3.05, 3.63) is 29.3 Å². The van der Waals surface area contributed by atoms with Crippen LogP contribution in [0, 0.1) is 11.8 Å². The Labute approximate surface area is 176 Å². The predicted molar refractivity (Wildman–Crippen MR) is 110 cm³/mol. The highest BCUT2D eigenvalue weighted by Crippen LogP contribution is 2.63. The number of aliphatic carboxylic acids is 1. The number of nitrogens with zero attached hydrogens (tertiary/aromatic N) is 1. The summed E-state index contributed by atoms with van der Waals surface area (Å²) in [7, 11) is 3.34. The molecule has 6 atom stereocenters. The van der Waals surface area contributed by atoms with Crippen LogP contribution in [-0.2, 0) is 14.9 Å². The molecule has 5 aliphatic rings. The number of hydrogen-bond acceptors (Lipinski definition) is 6. The number of nitrogens with one attached hydrogen (secondary N) is 1. The van der Waals surface area contributed by atoms with Crippen LogP contribution in [-0.4, -0.2) is 68.1 Å². The molecule has 30 heavy (non-hydrogen) atoms. The number of methoxy groups -OCH3 is 2. The van der Waals surface area contributed by atoms with Crippen LogP contribution < -0.4 is 14.8 Å². The lowest BCUT2D eigenvalue weighted by Crippen LogP contribution is -2.64. The van der Waals surface area contributed by atoms with Crippen molar-refractivity contribution in [2.75, 3.05) is 39.2 Å². The Bertz CT molecular complexity index is 946. The van der Waals surface area contributed by atoms with Crippen LogP contribution in [0.25, 0.3) is 0 Å². The molecule has 6 unspecified atom stereocenters. The maximum Gasteiger partial charge on any atom is 0.305 e. The van der Waals surface area contributed by atoms with Crippen LogP contribution in [0.1, 0.15) is 24.8 Å². The van der Waals surface area contributed by atoms with Gasteiger partial charge >= 0.3 is 5.97 Å². The van der Waals surface area contributed by atoms with E-state index < -0.39 is 5.97 Å². The second-order valence-corrected chi connectivity index (χ2v) is 9.32. The molecule has 2 bridgehead atoms. The SMILES string of the molecule is COc1cc2c(cc1OC)C13CCN4CC5=CCOC(CC(=O)O)C(C5CC41)C3N2. The summed E-state index contributed by atoms with van der Waals surface area (Å²) >= 11 is 0. The quantitative estimate of drug-likeness (QED) is 0.735. The fourth-order valence-corrected chi connectivity index (χ4v) is 7.32. The van der Waals surface area contributed by atoms with E-state index in [4.69, 9.17) is 14.2 Å². The smallest absolute Gasteiger partial charge is 0.305 e. The number of benzene rings is 1. The van der Waals surface area contributed by atoms with Crippen LogP contribution >= 0.6 is 0 Å². The Morgan fingerprint density at radius 2 is 2.13 bits per heavy atom. The van der Waals surface area contributed by atoms with Gasteiger partial charge in [0, 0.05) is 41.7 Å². The normalized spacial score (nSPS) is 38.1. The maximum atomic E-state index is 11.7. The number of anilines is 1. The molecule has 3 fully saturated rings. The van der Waals surface area contributed by atoms with Crippen LogP contribution in [0.15, 0.2) is 23.8 Å². The molecule has 1 aromatic carbocycles. The van der Waals surface area contributed by atoms with Crippen LogP contribution in [0.5, 0.6) is 11.5 Å². The third-order valence-corrected chi connectivity index (χ3v) is 8.39. The minimum Gasteiger partial charge on any atom is -0.493 e. The Balaban J connectivity index is 1.52. The summed E-state index contributed by atoms with van der Waals surface area (Å²) in [6.07, 6.45) is 4.11. The summed E-state index contributed by atoms with van der Waals surface area (Å²) in [6, 6.07) is 4.80. The van der Waals surface area contributed by atoms with Crippen LogP contribution in [0.4, 0.5) is 5.69 Å². The summed E-state index contributed by atoms with van der Waals surface area (Å²) < 4.78 is 17.4. The highest BCUT2D eigenvalue weighted by molar-refractivity contribution is 5.71. The highest BCUT2D eigenvalue weighted by atomic mass is 16.5. The molecule has 0 amide bonds. The van der Waals surface area contributed by atoms with Crippen molar-refractivity contribution in [1.29, 1.82) is 0 Å². The van der Waals surface area contributed by atoms with Gasteiger partial charge in [0.25, 0.3) is 0 Å². The molecule has 160 valence electrons. The molecule has 4 heterocycles. The number of hydrogen-bond donors (Lipinski definition) is 2. The molecule has 7 heteroatoms. The van der Waals surface area contributed by atoms with Crippen LogP contribution in [0.2, 0.25) is 0 Å². The van der Waals surface area contributed by atoms with Gasteiger partial charge in [-0.3, -0.25) is 9.69 Å². The first-order chi connectivity index (χ1) is 14.6. The highest BCUT2D eigenvalue weighted by Gasteiger charge is 2.67. The van der Waals surface area contributed by atoms with E-state index in [2.05, 4.69) is 22.4 Å². The lowest BCUT2D eigenvalue weighted by molar-refractivity contribution is -0.142. The molecule has 1 aromatic rings.